The smallest absolute Gasteiger partial charge is 0.273 e. The van der Waals surface area contributed by atoms with Gasteiger partial charge in [-0.25, -0.2) is 9.97 Å². The van der Waals surface area contributed by atoms with E-state index in [0.717, 1.165) is 6.42 Å². The molecule has 6 heteroatoms. The minimum atomic E-state index is -0.166. The molecule has 0 aliphatic rings. The Morgan fingerprint density at radius 1 is 1.50 bits per heavy atom. The summed E-state index contributed by atoms with van der Waals surface area (Å²) in [6.07, 6.45) is 3.52. The summed E-state index contributed by atoms with van der Waals surface area (Å²) in [7, 11) is 3.35. The second kappa shape index (κ2) is 6.40. The minimum absolute atomic E-state index is 0.166. The van der Waals surface area contributed by atoms with E-state index in [1.165, 1.54) is 12.4 Å². The number of rotatable bonds is 5. The zero-order chi connectivity index (χ0) is 12.0. The number of hydrogen-bond acceptors (Lipinski definition) is 4. The molecule has 0 N–H and O–H groups in total. The fourth-order valence-electron chi connectivity index (χ4n) is 1.17. The van der Waals surface area contributed by atoms with Gasteiger partial charge >= 0.3 is 0 Å². The van der Waals surface area contributed by atoms with Crippen LogP contribution in [0.5, 0.6) is 0 Å². The number of hydrogen-bond donors (Lipinski definition) is 0. The fourth-order valence-corrected chi connectivity index (χ4v) is 1.26. The van der Waals surface area contributed by atoms with Crippen molar-refractivity contribution >= 4 is 17.5 Å². The standard InChI is InChI=1S/C10H14ClN3O2/c1-14(4-3-5-16-2)10(15)8-6-13-9(11)7-12-8/h6-7H,3-5H2,1-2H3. The van der Waals surface area contributed by atoms with Gasteiger partial charge in [-0.2, -0.15) is 0 Å². The SMILES string of the molecule is COCCCN(C)C(=O)c1cnc(Cl)cn1. The minimum Gasteiger partial charge on any atom is -0.385 e. The topological polar surface area (TPSA) is 55.3 Å². The highest BCUT2D eigenvalue weighted by Crippen LogP contribution is 2.04. The number of nitrogens with zero attached hydrogens (tertiary/aromatic N) is 3. The van der Waals surface area contributed by atoms with E-state index in [2.05, 4.69) is 9.97 Å². The Hall–Kier alpha value is -1.20. The van der Waals surface area contributed by atoms with E-state index in [-0.39, 0.29) is 11.1 Å². The first-order valence-corrected chi connectivity index (χ1v) is 5.25. The molecule has 0 aliphatic carbocycles. The third-order valence-electron chi connectivity index (χ3n) is 2.03. The van der Waals surface area contributed by atoms with Crippen molar-refractivity contribution in [3.05, 3.63) is 23.2 Å². The molecule has 1 rings (SSSR count). The lowest BCUT2D eigenvalue weighted by Gasteiger charge is -2.15. The van der Waals surface area contributed by atoms with Crippen molar-refractivity contribution in [2.45, 2.75) is 6.42 Å². The lowest BCUT2D eigenvalue weighted by molar-refractivity contribution is 0.0773. The van der Waals surface area contributed by atoms with E-state index in [1.807, 2.05) is 0 Å². The Kier molecular flexibility index (Phi) is 5.14. The Morgan fingerprint density at radius 2 is 2.25 bits per heavy atom. The molecule has 0 saturated carbocycles. The molecule has 1 amide bonds. The number of halogens is 1. The average Bonchev–Trinajstić information content (AvgIpc) is 2.29. The van der Waals surface area contributed by atoms with E-state index >= 15 is 0 Å². The van der Waals surface area contributed by atoms with Crippen molar-refractivity contribution in [2.75, 3.05) is 27.3 Å². The second-order valence-electron chi connectivity index (χ2n) is 3.30. The van der Waals surface area contributed by atoms with Crippen LogP contribution in [0.4, 0.5) is 0 Å². The van der Waals surface area contributed by atoms with Crippen molar-refractivity contribution < 1.29 is 9.53 Å². The van der Waals surface area contributed by atoms with Gasteiger partial charge in [-0.05, 0) is 6.42 Å². The fraction of sp³-hybridized carbons (Fsp3) is 0.500. The van der Waals surface area contributed by atoms with Crippen molar-refractivity contribution in [3.63, 3.8) is 0 Å². The zero-order valence-electron chi connectivity index (χ0n) is 9.31. The monoisotopic (exact) mass is 243 g/mol. The van der Waals surface area contributed by atoms with Gasteiger partial charge < -0.3 is 9.64 Å². The molecule has 0 aromatic carbocycles. The molecule has 0 aliphatic heterocycles. The first kappa shape index (κ1) is 12.9. The number of carbonyl (C=O) groups excluding carboxylic acids is 1. The molecule has 1 heterocycles. The van der Waals surface area contributed by atoms with Gasteiger partial charge in [0.05, 0.1) is 12.4 Å². The zero-order valence-corrected chi connectivity index (χ0v) is 10.1. The molecular formula is C10H14ClN3O2. The quantitative estimate of drug-likeness (QED) is 0.730. The van der Waals surface area contributed by atoms with Crippen molar-refractivity contribution in [1.29, 1.82) is 0 Å². The first-order chi connectivity index (χ1) is 7.65. The van der Waals surface area contributed by atoms with E-state index in [4.69, 9.17) is 16.3 Å². The van der Waals surface area contributed by atoms with Crippen LogP contribution in [0.25, 0.3) is 0 Å². The predicted octanol–water partition coefficient (Wildman–Crippen LogP) is 1.24. The summed E-state index contributed by atoms with van der Waals surface area (Å²) in [5.41, 5.74) is 0.296. The highest BCUT2D eigenvalue weighted by Gasteiger charge is 2.12. The summed E-state index contributed by atoms with van der Waals surface area (Å²) in [6.45, 7) is 1.25. The molecule has 0 spiro atoms. The van der Waals surface area contributed by atoms with Gasteiger partial charge in [0.25, 0.3) is 5.91 Å². The van der Waals surface area contributed by atoms with Crippen LogP contribution >= 0.6 is 11.6 Å². The summed E-state index contributed by atoms with van der Waals surface area (Å²) in [4.78, 5) is 21.1. The molecule has 0 bridgehead atoms. The third kappa shape index (κ3) is 3.75. The number of carbonyl (C=O) groups is 1. The van der Waals surface area contributed by atoms with Crippen LogP contribution < -0.4 is 0 Å². The molecule has 1 aromatic rings. The molecule has 1 aromatic heterocycles. The summed E-state index contributed by atoms with van der Waals surface area (Å²) in [5.74, 6) is -0.166. The summed E-state index contributed by atoms with van der Waals surface area (Å²) in [6, 6.07) is 0. The van der Waals surface area contributed by atoms with Crippen LogP contribution in [-0.2, 0) is 4.74 Å². The predicted molar refractivity (Wildman–Crippen MR) is 60.5 cm³/mol. The summed E-state index contributed by atoms with van der Waals surface area (Å²) in [5, 5.41) is 0.276. The van der Waals surface area contributed by atoms with Crippen LogP contribution in [0.1, 0.15) is 16.9 Å². The Morgan fingerprint density at radius 3 is 2.81 bits per heavy atom. The van der Waals surface area contributed by atoms with Crippen molar-refractivity contribution in [1.82, 2.24) is 14.9 Å². The van der Waals surface area contributed by atoms with Crippen LogP contribution in [0, 0.1) is 0 Å². The van der Waals surface area contributed by atoms with Gasteiger partial charge in [0.1, 0.15) is 10.8 Å². The molecule has 0 saturated heterocycles. The van der Waals surface area contributed by atoms with Gasteiger partial charge in [0.15, 0.2) is 0 Å². The Balaban J connectivity index is 2.53. The lowest BCUT2D eigenvalue weighted by atomic mass is 10.3. The molecular weight excluding hydrogens is 230 g/mol. The third-order valence-corrected chi connectivity index (χ3v) is 2.22. The number of amides is 1. The maximum Gasteiger partial charge on any atom is 0.273 e. The Bertz CT molecular complexity index is 342. The molecule has 0 atom stereocenters. The largest absolute Gasteiger partial charge is 0.385 e. The van der Waals surface area contributed by atoms with E-state index in [9.17, 15) is 4.79 Å². The van der Waals surface area contributed by atoms with E-state index in [0.29, 0.717) is 18.8 Å². The van der Waals surface area contributed by atoms with Crippen LogP contribution in [0.3, 0.4) is 0 Å². The first-order valence-electron chi connectivity index (χ1n) is 4.87. The molecule has 5 nitrogen and oxygen atoms in total. The lowest BCUT2D eigenvalue weighted by Crippen LogP contribution is -2.29. The van der Waals surface area contributed by atoms with Gasteiger partial charge in [-0.3, -0.25) is 4.79 Å². The molecule has 0 fully saturated rings. The van der Waals surface area contributed by atoms with Gasteiger partial charge in [-0.1, -0.05) is 11.6 Å². The molecule has 88 valence electrons. The second-order valence-corrected chi connectivity index (χ2v) is 3.68. The Labute approximate surface area is 99.4 Å². The molecule has 0 unspecified atom stereocenters. The summed E-state index contributed by atoms with van der Waals surface area (Å²) < 4.78 is 4.91. The van der Waals surface area contributed by atoms with E-state index in [1.54, 1.807) is 19.1 Å². The van der Waals surface area contributed by atoms with E-state index < -0.39 is 0 Å². The van der Waals surface area contributed by atoms with Gasteiger partial charge in [0, 0.05) is 27.3 Å². The van der Waals surface area contributed by atoms with Crippen molar-refractivity contribution in [3.8, 4) is 0 Å². The van der Waals surface area contributed by atoms with Crippen molar-refractivity contribution in [2.24, 2.45) is 0 Å². The maximum atomic E-state index is 11.8. The summed E-state index contributed by atoms with van der Waals surface area (Å²) >= 11 is 5.58. The number of methoxy groups -OCH3 is 1. The highest BCUT2D eigenvalue weighted by molar-refractivity contribution is 6.29. The average molecular weight is 244 g/mol. The van der Waals surface area contributed by atoms with Gasteiger partial charge in [-0.15, -0.1) is 0 Å². The molecule has 0 radical (unpaired) electrons. The maximum absolute atomic E-state index is 11.8. The normalized spacial score (nSPS) is 10.2. The highest BCUT2D eigenvalue weighted by atomic mass is 35.5. The molecule has 16 heavy (non-hydrogen) atoms. The van der Waals surface area contributed by atoms with Crippen LogP contribution in [0.2, 0.25) is 5.15 Å². The van der Waals surface area contributed by atoms with Crippen LogP contribution in [-0.4, -0.2) is 48.1 Å². The number of aromatic nitrogens is 2. The van der Waals surface area contributed by atoms with Gasteiger partial charge in [0.2, 0.25) is 0 Å². The number of ether oxygens (including phenoxy) is 1. The van der Waals surface area contributed by atoms with Crippen LogP contribution in [0.15, 0.2) is 12.4 Å².